The zero-order valence-electron chi connectivity index (χ0n) is 20.9. The van der Waals surface area contributed by atoms with Crippen molar-refractivity contribution in [2.24, 2.45) is 0 Å². The number of hydrogen-bond acceptors (Lipinski definition) is 4. The molecule has 5 aromatic rings. The van der Waals surface area contributed by atoms with Crippen molar-refractivity contribution < 1.29 is 17.6 Å². The molecule has 1 unspecified atom stereocenters. The third kappa shape index (κ3) is 4.42. The van der Waals surface area contributed by atoms with E-state index < -0.39 is 16.1 Å². The van der Waals surface area contributed by atoms with E-state index in [1.165, 1.54) is 4.31 Å². The number of furan rings is 1. The fourth-order valence-corrected chi connectivity index (χ4v) is 6.30. The molecule has 0 saturated carbocycles. The van der Waals surface area contributed by atoms with E-state index >= 15 is 0 Å². The van der Waals surface area contributed by atoms with Crippen LogP contribution < -0.4 is 4.31 Å². The molecule has 5 nitrogen and oxygen atoms in total. The molecule has 190 valence electrons. The van der Waals surface area contributed by atoms with Crippen molar-refractivity contribution in [2.75, 3.05) is 17.5 Å². The van der Waals surface area contributed by atoms with E-state index in [2.05, 4.69) is 0 Å². The SMILES string of the molecule is Cc1ccc(S(=O)(=O)N2C/C=C(/c3ccccc3)COC(c3ccccc3)c3oc4ccccc4c32)cc1. The minimum atomic E-state index is -3.95. The summed E-state index contributed by atoms with van der Waals surface area (Å²) in [6.07, 6.45) is 1.33. The Morgan fingerprint density at radius 3 is 2.18 bits per heavy atom. The summed E-state index contributed by atoms with van der Waals surface area (Å²) < 4.78 is 43.0. The fourth-order valence-electron chi connectivity index (χ4n) is 4.86. The molecule has 0 amide bonds. The topological polar surface area (TPSA) is 59.8 Å². The Balaban J connectivity index is 1.61. The van der Waals surface area contributed by atoms with Gasteiger partial charge in [-0.25, -0.2) is 8.42 Å². The quantitative estimate of drug-likeness (QED) is 0.252. The minimum Gasteiger partial charge on any atom is -0.456 e. The van der Waals surface area contributed by atoms with Gasteiger partial charge in [0, 0.05) is 5.39 Å². The summed E-state index contributed by atoms with van der Waals surface area (Å²) in [5.74, 6) is 0.468. The third-order valence-electron chi connectivity index (χ3n) is 6.85. The van der Waals surface area contributed by atoms with Crippen LogP contribution in [0.4, 0.5) is 5.69 Å². The molecule has 0 N–H and O–H groups in total. The maximum atomic E-state index is 14.3. The lowest BCUT2D eigenvalue weighted by molar-refractivity contribution is 0.0931. The summed E-state index contributed by atoms with van der Waals surface area (Å²) in [4.78, 5) is 0.227. The molecule has 1 aromatic heterocycles. The lowest BCUT2D eigenvalue weighted by Crippen LogP contribution is -2.32. The van der Waals surface area contributed by atoms with Crippen LogP contribution in [0.15, 0.2) is 125 Å². The molecule has 0 saturated heterocycles. The van der Waals surface area contributed by atoms with E-state index in [4.69, 9.17) is 9.15 Å². The van der Waals surface area contributed by atoms with Gasteiger partial charge in [0.1, 0.15) is 17.4 Å². The molecule has 4 aromatic carbocycles. The van der Waals surface area contributed by atoms with Gasteiger partial charge < -0.3 is 9.15 Å². The van der Waals surface area contributed by atoms with Crippen LogP contribution >= 0.6 is 0 Å². The molecule has 0 fully saturated rings. The lowest BCUT2D eigenvalue weighted by Gasteiger charge is -2.25. The van der Waals surface area contributed by atoms with Crippen molar-refractivity contribution in [3.63, 3.8) is 0 Å². The molecule has 0 aliphatic carbocycles. The van der Waals surface area contributed by atoms with Crippen LogP contribution in [0.5, 0.6) is 0 Å². The second kappa shape index (κ2) is 9.97. The molecular formula is C32H27NO4S. The van der Waals surface area contributed by atoms with Crippen molar-refractivity contribution in [1.29, 1.82) is 0 Å². The summed E-state index contributed by atoms with van der Waals surface area (Å²) in [6.45, 7) is 2.36. The molecule has 1 atom stereocenters. The Hall–Kier alpha value is -4.13. The molecular weight excluding hydrogens is 494 g/mol. The number of sulfonamides is 1. The number of rotatable bonds is 4. The van der Waals surface area contributed by atoms with Crippen molar-refractivity contribution in [3.05, 3.63) is 138 Å². The number of aryl methyl sites for hydroxylation is 1. The summed E-state index contributed by atoms with van der Waals surface area (Å²) in [5, 5.41) is 0.722. The summed E-state index contributed by atoms with van der Waals surface area (Å²) in [6, 6.07) is 34.2. The van der Waals surface area contributed by atoms with Gasteiger partial charge in [-0.15, -0.1) is 0 Å². The van der Waals surface area contributed by atoms with E-state index in [0.717, 1.165) is 27.6 Å². The minimum absolute atomic E-state index is 0.127. The standard InChI is InChI=1S/C32H27NO4S/c1-23-16-18-27(19-17-23)38(34,35)33-21-20-26(24-10-4-2-5-11-24)22-36-31(25-12-6-3-7-13-25)32-30(33)28-14-8-9-15-29(28)37-32/h2-20,31H,21-22H2,1H3/b26-20+. The number of hydrogen-bond donors (Lipinski definition) is 0. The largest absolute Gasteiger partial charge is 0.456 e. The molecule has 38 heavy (non-hydrogen) atoms. The van der Waals surface area contributed by atoms with Gasteiger partial charge in [-0.2, -0.15) is 0 Å². The van der Waals surface area contributed by atoms with E-state index in [1.807, 2.05) is 110 Å². The highest BCUT2D eigenvalue weighted by Gasteiger charge is 2.35. The van der Waals surface area contributed by atoms with Crippen molar-refractivity contribution in [2.45, 2.75) is 17.9 Å². The van der Waals surface area contributed by atoms with Gasteiger partial charge in [0.05, 0.1) is 18.0 Å². The van der Waals surface area contributed by atoms with Crippen LogP contribution in [0, 0.1) is 6.92 Å². The molecule has 6 heteroatoms. The maximum Gasteiger partial charge on any atom is 0.264 e. The summed E-state index contributed by atoms with van der Waals surface area (Å²) in [5.41, 5.74) is 4.88. The number of ether oxygens (including phenoxy) is 1. The van der Waals surface area contributed by atoms with Gasteiger partial charge in [-0.05, 0) is 47.9 Å². The first-order valence-electron chi connectivity index (χ1n) is 12.5. The van der Waals surface area contributed by atoms with Crippen LogP contribution in [0.1, 0.15) is 28.6 Å². The first kappa shape index (κ1) is 24.2. The van der Waals surface area contributed by atoms with E-state index in [0.29, 0.717) is 23.6 Å². The highest BCUT2D eigenvalue weighted by molar-refractivity contribution is 7.92. The number of benzene rings is 4. The van der Waals surface area contributed by atoms with E-state index in [1.54, 1.807) is 12.1 Å². The average Bonchev–Trinajstić information content (AvgIpc) is 3.34. The predicted octanol–water partition coefficient (Wildman–Crippen LogP) is 7.14. The first-order valence-corrected chi connectivity index (χ1v) is 14.0. The number of nitrogens with zero attached hydrogens (tertiary/aromatic N) is 1. The lowest BCUT2D eigenvalue weighted by atomic mass is 10.0. The zero-order chi connectivity index (χ0) is 26.1. The second-order valence-corrected chi connectivity index (χ2v) is 11.2. The fraction of sp³-hybridized carbons (Fsp3) is 0.125. The number of para-hydroxylation sites is 1. The number of fused-ring (bicyclic) bond motifs is 3. The Morgan fingerprint density at radius 1 is 0.789 bits per heavy atom. The maximum absolute atomic E-state index is 14.3. The van der Waals surface area contributed by atoms with Gasteiger partial charge >= 0.3 is 0 Å². The molecule has 0 radical (unpaired) electrons. The number of anilines is 1. The van der Waals surface area contributed by atoms with E-state index in [-0.39, 0.29) is 11.4 Å². The van der Waals surface area contributed by atoms with Crippen LogP contribution in [0.25, 0.3) is 16.5 Å². The molecule has 1 aliphatic rings. The van der Waals surface area contributed by atoms with Gasteiger partial charge in [0.15, 0.2) is 5.76 Å². The monoisotopic (exact) mass is 521 g/mol. The van der Waals surface area contributed by atoms with Crippen molar-refractivity contribution >= 4 is 32.3 Å². The van der Waals surface area contributed by atoms with Crippen molar-refractivity contribution in [1.82, 2.24) is 0 Å². The molecule has 0 spiro atoms. The Morgan fingerprint density at radius 2 is 1.45 bits per heavy atom. The predicted molar refractivity (Wildman–Crippen MR) is 151 cm³/mol. The summed E-state index contributed by atoms with van der Waals surface area (Å²) in [7, 11) is -3.95. The third-order valence-corrected chi connectivity index (χ3v) is 8.63. The summed E-state index contributed by atoms with van der Waals surface area (Å²) >= 11 is 0. The average molecular weight is 522 g/mol. The molecule has 2 heterocycles. The molecule has 6 rings (SSSR count). The van der Waals surface area contributed by atoms with E-state index in [9.17, 15) is 8.42 Å². The smallest absolute Gasteiger partial charge is 0.264 e. The second-order valence-electron chi connectivity index (χ2n) is 9.36. The first-order chi connectivity index (χ1) is 18.5. The highest BCUT2D eigenvalue weighted by atomic mass is 32.2. The Labute approximate surface area is 222 Å². The molecule has 0 bridgehead atoms. The van der Waals surface area contributed by atoms with Gasteiger partial charge in [-0.3, -0.25) is 4.31 Å². The van der Waals surface area contributed by atoms with Gasteiger partial charge in [0.25, 0.3) is 10.0 Å². The van der Waals surface area contributed by atoms with Crippen LogP contribution in [-0.4, -0.2) is 21.6 Å². The normalized spacial score (nSPS) is 17.7. The van der Waals surface area contributed by atoms with Gasteiger partial charge in [0.2, 0.25) is 0 Å². The Kier molecular flexibility index (Phi) is 6.35. The van der Waals surface area contributed by atoms with Crippen LogP contribution in [0.3, 0.4) is 0 Å². The van der Waals surface area contributed by atoms with Gasteiger partial charge in [-0.1, -0.05) is 96.6 Å². The molecule has 1 aliphatic heterocycles. The van der Waals surface area contributed by atoms with Crippen molar-refractivity contribution in [3.8, 4) is 0 Å². The zero-order valence-corrected chi connectivity index (χ0v) is 21.8. The van der Waals surface area contributed by atoms with Crippen LogP contribution in [-0.2, 0) is 14.8 Å². The highest BCUT2D eigenvalue weighted by Crippen LogP contribution is 2.44. The van der Waals surface area contributed by atoms with Crippen LogP contribution in [0.2, 0.25) is 0 Å². The Bertz CT molecular complexity index is 1710.